The molecule has 0 fully saturated rings. The molecule has 156 valence electrons. The number of thiazole rings is 1. The molecule has 0 spiro atoms. The van der Waals surface area contributed by atoms with Crippen LogP contribution in [-0.2, 0) is 11.3 Å². The van der Waals surface area contributed by atoms with Crippen LogP contribution in [0.2, 0.25) is 0 Å². The molecule has 1 N–H and O–H groups in total. The van der Waals surface area contributed by atoms with Crippen LogP contribution in [0.25, 0.3) is 0 Å². The first-order valence-corrected chi connectivity index (χ1v) is 10.6. The van der Waals surface area contributed by atoms with Crippen molar-refractivity contribution in [2.24, 2.45) is 0 Å². The molecule has 0 saturated heterocycles. The topological polar surface area (TPSA) is 77.5 Å². The summed E-state index contributed by atoms with van der Waals surface area (Å²) in [5.74, 6) is 0.0836. The summed E-state index contributed by atoms with van der Waals surface area (Å²) in [5.41, 5.74) is 1.57. The Kier molecular flexibility index (Phi) is 7.57. The van der Waals surface area contributed by atoms with Gasteiger partial charge in [-0.3, -0.25) is 4.79 Å². The van der Waals surface area contributed by atoms with E-state index < -0.39 is 5.97 Å². The van der Waals surface area contributed by atoms with Crippen LogP contribution in [0.1, 0.15) is 50.5 Å². The van der Waals surface area contributed by atoms with Gasteiger partial charge in [-0.05, 0) is 43.7 Å². The Balaban J connectivity index is 1.62. The number of hydrogen-bond acceptors (Lipinski definition) is 6. The van der Waals surface area contributed by atoms with E-state index in [0.717, 1.165) is 23.6 Å². The monoisotopic (exact) mass is 424 g/mol. The average Bonchev–Trinajstić information content (AvgIpc) is 3.14. The van der Waals surface area contributed by atoms with Crippen molar-refractivity contribution in [2.75, 3.05) is 11.9 Å². The third kappa shape index (κ3) is 5.90. The first-order chi connectivity index (χ1) is 14.6. The minimum Gasteiger partial charge on any atom is -0.486 e. The predicted molar refractivity (Wildman–Crippen MR) is 117 cm³/mol. The fourth-order valence-corrected chi connectivity index (χ4v) is 3.56. The summed E-state index contributed by atoms with van der Waals surface area (Å²) in [6.45, 7) is 4.51. The smallest absolute Gasteiger partial charge is 0.338 e. The number of carbonyl (C=O) groups excluding carboxylic acids is 2. The molecular weight excluding hydrogens is 400 g/mol. The Morgan fingerprint density at radius 3 is 2.67 bits per heavy atom. The van der Waals surface area contributed by atoms with Crippen LogP contribution in [0.5, 0.6) is 5.75 Å². The standard InChI is InChI=1S/C23H24N2O4S/c1-3-4-13-28-23(27)17-9-8-10-18(14-17)25-22(26)21-16(2)24-20(30-21)15-29-19-11-6-5-7-12-19/h5-12,14H,3-4,13,15H2,1-2H3,(H,25,26). The van der Waals surface area contributed by atoms with Gasteiger partial charge in [-0.15, -0.1) is 11.3 Å². The number of aromatic nitrogens is 1. The highest BCUT2D eigenvalue weighted by molar-refractivity contribution is 7.13. The molecule has 0 aliphatic carbocycles. The van der Waals surface area contributed by atoms with Crippen molar-refractivity contribution in [1.29, 1.82) is 0 Å². The van der Waals surface area contributed by atoms with Gasteiger partial charge in [-0.2, -0.15) is 0 Å². The molecule has 0 aliphatic rings. The third-order valence-corrected chi connectivity index (χ3v) is 5.37. The number of aryl methyl sites for hydroxylation is 1. The van der Waals surface area contributed by atoms with Crippen LogP contribution in [0.3, 0.4) is 0 Å². The number of anilines is 1. The van der Waals surface area contributed by atoms with Gasteiger partial charge in [0.25, 0.3) is 5.91 Å². The number of hydrogen-bond donors (Lipinski definition) is 1. The van der Waals surface area contributed by atoms with Crippen LogP contribution >= 0.6 is 11.3 Å². The highest BCUT2D eigenvalue weighted by Crippen LogP contribution is 2.22. The zero-order valence-corrected chi connectivity index (χ0v) is 17.8. The van der Waals surface area contributed by atoms with E-state index in [9.17, 15) is 9.59 Å². The van der Waals surface area contributed by atoms with E-state index >= 15 is 0 Å². The number of para-hydroxylation sites is 1. The van der Waals surface area contributed by atoms with E-state index in [0.29, 0.717) is 35.0 Å². The zero-order chi connectivity index (χ0) is 21.3. The second-order valence-corrected chi connectivity index (χ2v) is 7.73. The normalized spacial score (nSPS) is 10.5. The van der Waals surface area contributed by atoms with Crippen LogP contribution in [0.15, 0.2) is 54.6 Å². The van der Waals surface area contributed by atoms with Crippen LogP contribution < -0.4 is 10.1 Å². The SMILES string of the molecule is CCCCOC(=O)c1cccc(NC(=O)c2sc(COc3ccccc3)nc2C)c1. The molecule has 3 aromatic rings. The van der Waals surface area contributed by atoms with Gasteiger partial charge in [-0.1, -0.05) is 37.6 Å². The number of esters is 1. The minimum atomic E-state index is -0.395. The van der Waals surface area contributed by atoms with E-state index in [-0.39, 0.29) is 5.91 Å². The molecule has 0 radical (unpaired) electrons. The van der Waals surface area contributed by atoms with Gasteiger partial charge in [0.15, 0.2) is 0 Å². The van der Waals surface area contributed by atoms with Gasteiger partial charge < -0.3 is 14.8 Å². The molecule has 2 aromatic carbocycles. The Morgan fingerprint density at radius 1 is 1.10 bits per heavy atom. The summed E-state index contributed by atoms with van der Waals surface area (Å²) >= 11 is 1.29. The molecule has 6 nitrogen and oxygen atoms in total. The fourth-order valence-electron chi connectivity index (χ4n) is 2.69. The lowest BCUT2D eigenvalue weighted by Gasteiger charge is -2.07. The van der Waals surface area contributed by atoms with Crippen molar-refractivity contribution in [3.05, 3.63) is 75.7 Å². The van der Waals surface area contributed by atoms with Gasteiger partial charge >= 0.3 is 5.97 Å². The maximum absolute atomic E-state index is 12.7. The van der Waals surface area contributed by atoms with Crippen LogP contribution in [0.4, 0.5) is 5.69 Å². The molecule has 0 bridgehead atoms. The summed E-state index contributed by atoms with van der Waals surface area (Å²) in [6.07, 6.45) is 1.78. The highest BCUT2D eigenvalue weighted by Gasteiger charge is 2.17. The lowest BCUT2D eigenvalue weighted by Crippen LogP contribution is -2.12. The van der Waals surface area contributed by atoms with Crippen molar-refractivity contribution in [2.45, 2.75) is 33.3 Å². The predicted octanol–water partition coefficient (Wildman–Crippen LogP) is 5.24. The van der Waals surface area contributed by atoms with E-state index in [4.69, 9.17) is 9.47 Å². The highest BCUT2D eigenvalue weighted by atomic mass is 32.1. The van der Waals surface area contributed by atoms with Gasteiger partial charge in [0.1, 0.15) is 22.2 Å². The van der Waals surface area contributed by atoms with Crippen molar-refractivity contribution < 1.29 is 19.1 Å². The van der Waals surface area contributed by atoms with Gasteiger partial charge in [0.2, 0.25) is 0 Å². The molecule has 0 saturated carbocycles. The van der Waals surface area contributed by atoms with Crippen LogP contribution in [0, 0.1) is 6.92 Å². The number of ether oxygens (including phenoxy) is 2. The number of nitrogens with zero attached hydrogens (tertiary/aromatic N) is 1. The quantitative estimate of drug-likeness (QED) is 0.375. The van der Waals surface area contributed by atoms with Crippen molar-refractivity contribution in [3.63, 3.8) is 0 Å². The lowest BCUT2D eigenvalue weighted by molar-refractivity contribution is 0.0499. The molecule has 1 heterocycles. The summed E-state index contributed by atoms with van der Waals surface area (Å²) < 4.78 is 10.9. The third-order valence-electron chi connectivity index (χ3n) is 4.24. The Hall–Kier alpha value is -3.19. The van der Waals surface area contributed by atoms with Gasteiger partial charge in [0.05, 0.1) is 17.9 Å². The Morgan fingerprint density at radius 2 is 1.90 bits per heavy atom. The summed E-state index contributed by atoms with van der Waals surface area (Å²) in [6, 6.07) is 16.2. The number of unbranched alkanes of at least 4 members (excludes halogenated alkanes) is 1. The van der Waals surface area contributed by atoms with Gasteiger partial charge in [0, 0.05) is 5.69 Å². The number of benzene rings is 2. The number of carbonyl (C=O) groups is 2. The Bertz CT molecular complexity index is 1000. The molecular formula is C23H24N2O4S. The number of rotatable bonds is 9. The molecule has 1 amide bonds. The van der Waals surface area contributed by atoms with E-state index in [1.165, 1.54) is 11.3 Å². The summed E-state index contributed by atoms with van der Waals surface area (Å²) in [4.78, 5) is 29.8. The largest absolute Gasteiger partial charge is 0.486 e. The fraction of sp³-hybridized carbons (Fsp3) is 0.261. The number of amides is 1. The van der Waals surface area contributed by atoms with Crippen molar-refractivity contribution in [3.8, 4) is 5.75 Å². The molecule has 0 unspecified atom stereocenters. The zero-order valence-electron chi connectivity index (χ0n) is 17.0. The molecule has 0 aliphatic heterocycles. The maximum Gasteiger partial charge on any atom is 0.338 e. The van der Waals surface area contributed by atoms with E-state index in [2.05, 4.69) is 10.3 Å². The van der Waals surface area contributed by atoms with Crippen molar-refractivity contribution >= 4 is 28.9 Å². The van der Waals surface area contributed by atoms with E-state index in [1.54, 1.807) is 31.2 Å². The average molecular weight is 425 g/mol. The molecule has 3 rings (SSSR count). The molecule has 7 heteroatoms. The Labute approximate surface area is 179 Å². The lowest BCUT2D eigenvalue weighted by atomic mass is 10.2. The summed E-state index contributed by atoms with van der Waals surface area (Å²) in [5, 5.41) is 3.55. The molecule has 30 heavy (non-hydrogen) atoms. The first kappa shape index (κ1) is 21.5. The maximum atomic E-state index is 12.7. The van der Waals surface area contributed by atoms with Gasteiger partial charge in [-0.25, -0.2) is 9.78 Å². The molecule has 0 atom stereocenters. The van der Waals surface area contributed by atoms with Crippen LogP contribution in [-0.4, -0.2) is 23.5 Å². The number of nitrogens with one attached hydrogen (secondary N) is 1. The van der Waals surface area contributed by atoms with E-state index in [1.807, 2.05) is 37.3 Å². The minimum absolute atomic E-state index is 0.271. The summed E-state index contributed by atoms with van der Waals surface area (Å²) in [7, 11) is 0. The second-order valence-electron chi connectivity index (χ2n) is 6.65. The van der Waals surface area contributed by atoms with Crippen molar-refractivity contribution in [1.82, 2.24) is 4.98 Å². The molecule has 1 aromatic heterocycles. The second kappa shape index (κ2) is 10.5. The first-order valence-electron chi connectivity index (χ1n) is 9.79.